The number of rotatable bonds is 3. The van der Waals surface area contributed by atoms with Gasteiger partial charge in [-0.2, -0.15) is 6.21 Å². The molecule has 0 atom stereocenters. The molecule has 0 bridgehead atoms. The number of hydrogen-bond donors (Lipinski definition) is 2. The van der Waals surface area contributed by atoms with Gasteiger partial charge in [-0.25, -0.2) is 0 Å². The molecular weight excluding hydrogens is 205 g/mol. The number of nitrogens with one attached hydrogen (secondary N) is 1. The van der Waals surface area contributed by atoms with Gasteiger partial charge in [0.1, 0.15) is 0 Å². The van der Waals surface area contributed by atoms with Gasteiger partial charge in [0.25, 0.3) is 0 Å². The van der Waals surface area contributed by atoms with Gasteiger partial charge in [0.2, 0.25) is 0 Å². The molecule has 0 aliphatic carbocycles. The van der Waals surface area contributed by atoms with E-state index in [1.165, 1.54) is 7.11 Å². The van der Waals surface area contributed by atoms with Crippen LogP contribution >= 0.6 is 0 Å². The van der Waals surface area contributed by atoms with Gasteiger partial charge in [0.05, 0.1) is 12.8 Å². The summed E-state index contributed by atoms with van der Waals surface area (Å²) in [6.07, 6.45) is 0.706. The average molecular weight is 215 g/mol. The molecule has 1 aromatic rings. The summed E-state index contributed by atoms with van der Waals surface area (Å²) in [4.78, 5) is 0. The van der Waals surface area contributed by atoms with Gasteiger partial charge in [-0.05, 0) is 12.1 Å². The zero-order valence-electron chi connectivity index (χ0n) is 8.24. The molecular formula is C9H10KN3O. The molecule has 0 aliphatic rings. The third-order valence-corrected chi connectivity index (χ3v) is 1.67. The maximum atomic E-state index is 8.65. The molecule has 4 nitrogen and oxygen atoms in total. The first-order valence-corrected chi connectivity index (χ1v) is 3.69. The summed E-state index contributed by atoms with van der Waals surface area (Å²) in [5.74, 6) is 0.415. The number of nitrogens with zero attached hydrogens (tertiary/aromatic N) is 1. The molecule has 0 unspecified atom stereocenters. The molecule has 0 fully saturated rings. The molecule has 0 radical (unpaired) electrons. The van der Waals surface area contributed by atoms with Crippen LogP contribution in [0.2, 0.25) is 0 Å². The van der Waals surface area contributed by atoms with Crippen LogP contribution in [0.4, 0.5) is 5.69 Å². The molecule has 5 heteroatoms. The summed E-state index contributed by atoms with van der Waals surface area (Å²) in [5, 5.41) is 16.0. The molecule has 0 aliphatic heterocycles. The number of anilines is 1. The normalized spacial score (nSPS) is 8.64. The van der Waals surface area contributed by atoms with Crippen molar-refractivity contribution in [2.45, 2.75) is 0 Å². The monoisotopic (exact) mass is 215 g/mol. The van der Waals surface area contributed by atoms with Crippen molar-refractivity contribution in [2.24, 2.45) is 0 Å². The van der Waals surface area contributed by atoms with Gasteiger partial charge in [-0.1, -0.05) is 6.07 Å². The summed E-state index contributed by atoms with van der Waals surface area (Å²) in [7, 11) is 1.47. The summed E-state index contributed by atoms with van der Waals surface area (Å²) in [5.41, 5.74) is 6.51. The number of hydrogen-bond acceptors (Lipinski definition) is 3. The molecule has 1 rings (SSSR count). The van der Waals surface area contributed by atoms with E-state index in [-0.39, 0.29) is 57.1 Å². The minimum Gasteiger partial charge on any atom is -0.809 e. The van der Waals surface area contributed by atoms with Crippen LogP contribution in [-0.4, -0.2) is 19.0 Å². The predicted octanol–water partition coefficient (Wildman–Crippen LogP) is -1.71. The van der Waals surface area contributed by atoms with Crippen LogP contribution in [0.25, 0.3) is 5.41 Å². The van der Waals surface area contributed by atoms with E-state index in [0.29, 0.717) is 23.2 Å². The maximum Gasteiger partial charge on any atom is 1.00 e. The van der Waals surface area contributed by atoms with Crippen LogP contribution in [-0.2, 0) is 0 Å². The Bertz CT molecular complexity index is 352. The van der Waals surface area contributed by atoms with Crippen molar-refractivity contribution in [2.75, 3.05) is 12.8 Å². The molecule has 0 amide bonds. The van der Waals surface area contributed by atoms with E-state index in [1.54, 1.807) is 18.2 Å². The number of nitrogen functional groups attached to an aromatic ring is 1. The second-order valence-electron chi connectivity index (χ2n) is 2.47. The van der Waals surface area contributed by atoms with Crippen LogP contribution in [0.3, 0.4) is 0 Å². The molecule has 0 saturated carbocycles. The fourth-order valence-electron chi connectivity index (χ4n) is 1.06. The van der Waals surface area contributed by atoms with Gasteiger partial charge < -0.3 is 21.3 Å². The Morgan fingerprint density at radius 3 is 2.71 bits per heavy atom. The fraction of sp³-hybridized carbons (Fsp3) is 0.111. The van der Waals surface area contributed by atoms with Crippen molar-refractivity contribution in [1.29, 1.82) is 5.41 Å². The van der Waals surface area contributed by atoms with Crippen LogP contribution in [0.5, 0.6) is 5.75 Å². The van der Waals surface area contributed by atoms with E-state index in [1.807, 2.05) is 0 Å². The van der Waals surface area contributed by atoms with Crippen molar-refractivity contribution < 1.29 is 56.1 Å². The van der Waals surface area contributed by atoms with E-state index in [4.69, 9.17) is 21.3 Å². The Morgan fingerprint density at radius 1 is 1.57 bits per heavy atom. The third-order valence-electron chi connectivity index (χ3n) is 1.67. The van der Waals surface area contributed by atoms with Gasteiger partial charge in [0.15, 0.2) is 5.75 Å². The van der Waals surface area contributed by atoms with Crippen LogP contribution < -0.4 is 61.9 Å². The van der Waals surface area contributed by atoms with E-state index >= 15 is 0 Å². The zero-order valence-corrected chi connectivity index (χ0v) is 11.4. The molecule has 0 saturated heterocycles. The predicted molar refractivity (Wildman–Crippen MR) is 53.7 cm³/mol. The summed E-state index contributed by atoms with van der Waals surface area (Å²) >= 11 is 0. The van der Waals surface area contributed by atoms with Crippen molar-refractivity contribution in [3.8, 4) is 5.75 Å². The van der Waals surface area contributed by atoms with Crippen molar-refractivity contribution in [3.05, 3.63) is 29.2 Å². The van der Waals surface area contributed by atoms with Crippen molar-refractivity contribution in [3.63, 3.8) is 0 Å². The Kier molecular flexibility index (Phi) is 6.22. The van der Waals surface area contributed by atoms with E-state index < -0.39 is 0 Å². The fourth-order valence-corrected chi connectivity index (χ4v) is 1.06. The molecule has 0 spiro atoms. The van der Waals surface area contributed by atoms with Gasteiger partial charge in [-0.3, -0.25) is 0 Å². The Labute approximate surface area is 125 Å². The average Bonchev–Trinajstić information content (AvgIpc) is 2.16. The number of benzene rings is 1. The minimum atomic E-state index is -0.0239. The maximum absolute atomic E-state index is 8.65. The first-order valence-electron chi connectivity index (χ1n) is 3.69. The largest absolute Gasteiger partial charge is 1.00 e. The Hall–Kier alpha value is -0.204. The number of nitrogens with two attached hydrogens (primary N) is 1. The Balaban J connectivity index is 0.00000169. The van der Waals surface area contributed by atoms with Gasteiger partial charge in [0, 0.05) is 11.3 Å². The first kappa shape index (κ1) is 13.8. The van der Waals surface area contributed by atoms with Crippen molar-refractivity contribution in [1.82, 2.24) is 0 Å². The molecule has 68 valence electrons. The molecule has 0 aromatic heterocycles. The van der Waals surface area contributed by atoms with E-state index in [9.17, 15) is 0 Å². The molecule has 1 aromatic carbocycles. The minimum absolute atomic E-state index is 0. The SMILES string of the molecule is COc1c(N)cccc1C(=N)C=[N-].[K+]. The smallest absolute Gasteiger partial charge is 0.809 e. The van der Waals surface area contributed by atoms with E-state index in [2.05, 4.69) is 0 Å². The van der Waals surface area contributed by atoms with Gasteiger partial charge >= 0.3 is 51.4 Å². The quantitative estimate of drug-likeness (QED) is 0.357. The molecule has 14 heavy (non-hydrogen) atoms. The number of ether oxygens (including phenoxy) is 1. The third kappa shape index (κ3) is 2.89. The first-order chi connectivity index (χ1) is 6.20. The van der Waals surface area contributed by atoms with Crippen LogP contribution in [0.1, 0.15) is 5.56 Å². The zero-order chi connectivity index (χ0) is 9.84. The summed E-state index contributed by atoms with van der Waals surface area (Å²) < 4.78 is 5.00. The summed E-state index contributed by atoms with van der Waals surface area (Å²) in [6.45, 7) is 0. The van der Waals surface area contributed by atoms with Crippen LogP contribution in [0.15, 0.2) is 18.2 Å². The standard InChI is InChI=1S/C9H10N3O.K/c1-13-9-6(8(12)5-10)3-2-4-7(9)11;/h2-5,12H,11H2,1H3;/q-1;+1. The summed E-state index contributed by atoms with van der Waals surface area (Å²) in [6, 6.07) is 5.03. The Morgan fingerprint density at radius 2 is 2.21 bits per heavy atom. The second-order valence-corrected chi connectivity index (χ2v) is 2.47. The number of methoxy groups -OCH3 is 1. The van der Waals surface area contributed by atoms with Crippen LogP contribution in [0, 0.1) is 5.41 Å². The van der Waals surface area contributed by atoms with Crippen molar-refractivity contribution >= 4 is 17.6 Å². The second kappa shape index (κ2) is 6.31. The topological polar surface area (TPSA) is 81.4 Å². The molecule has 0 heterocycles. The van der Waals surface area contributed by atoms with Gasteiger partial charge in [-0.15, -0.1) is 0 Å². The molecule has 3 N–H and O–H groups in total. The number of para-hydroxylation sites is 1. The van der Waals surface area contributed by atoms with E-state index in [0.717, 1.165) is 0 Å².